The van der Waals surface area contributed by atoms with E-state index in [4.69, 9.17) is 64.4 Å². The quantitative estimate of drug-likeness (QED) is 0.0260. The van der Waals surface area contributed by atoms with E-state index < -0.39 is 64.1 Å². The molecule has 25 nitrogen and oxygen atoms in total. The van der Waals surface area contributed by atoms with Gasteiger partial charge in [0.15, 0.2) is 5.15 Å². The molecule has 1 unspecified atom stereocenters. The molecule has 486 valence electrons. The van der Waals surface area contributed by atoms with E-state index in [9.17, 15) is 44.7 Å². The summed E-state index contributed by atoms with van der Waals surface area (Å²) in [5, 5.41) is 36.3. The van der Waals surface area contributed by atoms with Gasteiger partial charge < -0.3 is 45.4 Å². The number of hydrogen-bond acceptors (Lipinski definition) is 20. The van der Waals surface area contributed by atoms with Gasteiger partial charge in [0.05, 0.1) is 90.5 Å². The molecule has 2 aliphatic heterocycles. The number of carbonyl (C=O) groups is 3. The number of allylic oxidation sites excluding steroid dienone is 1. The maximum absolute atomic E-state index is 12.9. The van der Waals surface area contributed by atoms with Crippen LogP contribution in [0.3, 0.4) is 0 Å². The number of sulfonamides is 2. The summed E-state index contributed by atoms with van der Waals surface area (Å²) in [7, 11) is -10.6. The van der Waals surface area contributed by atoms with Crippen LogP contribution >= 0.6 is 34.8 Å². The third-order valence-electron chi connectivity index (χ3n) is 16.1. The fourth-order valence-corrected chi connectivity index (χ4v) is 15.6. The number of ketones is 1. The SMILES string of the molecule is CC1(C)[C@@H]2CC[C@@]1(CS(=O)(=O)O)C(=O)C2.CCCCc1nc(Cl)c(CO)n1Cc1ccc(-c2ccccc2-c2nnn[n-]2)cc1.CCOC(=O)C1=C(COCCN)NC(C)=C(C(=O)OC)C1c1ccccc1Cl.NS(=O)(=O)c1cc2c(cc1Cl)NCNS2(=O)=O.[K+]. The van der Waals surface area contributed by atoms with Crippen molar-refractivity contribution in [3.63, 3.8) is 0 Å². The second-order valence-corrected chi connectivity index (χ2v) is 27.7. The van der Waals surface area contributed by atoms with Gasteiger partial charge in [-0.25, -0.2) is 36.5 Å². The third-order valence-corrected chi connectivity index (χ3v) is 20.4. The average Bonchev–Trinajstić information content (AvgIpc) is 1.59. The molecule has 0 amide bonds. The zero-order chi connectivity index (χ0) is 65.9. The Morgan fingerprint density at radius 3 is 2.20 bits per heavy atom. The molecule has 2 aliphatic carbocycles. The molecule has 0 spiro atoms. The number of dihydropyridines is 1. The minimum absolute atomic E-state index is 0. The maximum Gasteiger partial charge on any atom is 1.00 e. The number of aromatic nitrogens is 6. The second-order valence-electron chi connectivity index (χ2n) is 21.8. The Morgan fingerprint density at radius 2 is 1.63 bits per heavy atom. The molecule has 32 heteroatoms. The summed E-state index contributed by atoms with van der Waals surface area (Å²) in [6.45, 7) is 10.9. The maximum atomic E-state index is 12.9. The summed E-state index contributed by atoms with van der Waals surface area (Å²) in [5.74, 6) is -0.545. The average molecular weight is 1400 g/mol. The monoisotopic (exact) mass is 1400 g/mol. The number of hydrogen-bond donors (Lipinski definition) is 7. The Bertz CT molecular complexity index is 4030. The van der Waals surface area contributed by atoms with Crippen LogP contribution in [0.5, 0.6) is 0 Å². The van der Waals surface area contributed by atoms with Crippen LogP contribution in [0.25, 0.3) is 22.5 Å². The number of nitrogens with two attached hydrogens (primary N) is 2. The number of unbranched alkanes of at least 4 members (excludes halogenated alkanes) is 1. The number of nitrogens with one attached hydrogen (secondary N) is 3. The van der Waals surface area contributed by atoms with E-state index in [1.54, 1.807) is 38.1 Å². The van der Waals surface area contributed by atoms with Crippen LogP contribution < -0.4 is 82.7 Å². The molecule has 6 aromatic rings. The molecule has 9 N–H and O–H groups in total. The summed E-state index contributed by atoms with van der Waals surface area (Å²) in [6.07, 6.45) is 4.91. The third kappa shape index (κ3) is 17.7. The Labute approximate surface area is 586 Å². The number of Topliss-reactive ketones (excluding diaryl/α,β-unsaturated/α-hetero) is 1. The first-order valence-corrected chi connectivity index (χ1v) is 34.1. The van der Waals surface area contributed by atoms with Crippen molar-refractivity contribution >= 4 is 88.4 Å². The fraction of sp³-hybridized carbons (Fsp3) is 0.407. The van der Waals surface area contributed by atoms with Crippen molar-refractivity contribution < 1.29 is 115 Å². The molecule has 4 aliphatic rings. The molecule has 3 atom stereocenters. The predicted molar refractivity (Wildman–Crippen MR) is 337 cm³/mol. The van der Waals surface area contributed by atoms with Crippen molar-refractivity contribution in [1.29, 1.82) is 0 Å². The first-order chi connectivity index (χ1) is 42.6. The first-order valence-electron chi connectivity index (χ1n) is 28.4. The Morgan fingerprint density at radius 1 is 0.945 bits per heavy atom. The topological polar surface area (TPSA) is 380 Å². The van der Waals surface area contributed by atoms with Gasteiger partial charge in [-0.3, -0.25) is 19.7 Å². The van der Waals surface area contributed by atoms with Gasteiger partial charge in [-0.15, -0.1) is 0 Å². The Hall–Kier alpha value is -5.03. The van der Waals surface area contributed by atoms with Gasteiger partial charge >= 0.3 is 63.3 Å². The number of halogens is 3. The number of primary sulfonamides is 1. The summed E-state index contributed by atoms with van der Waals surface area (Å²) in [5.41, 5.74) is 11.5. The zero-order valence-electron chi connectivity index (χ0n) is 51.1. The number of fused-ring (bicyclic) bond motifs is 3. The van der Waals surface area contributed by atoms with Crippen molar-refractivity contribution in [3.8, 4) is 22.5 Å². The predicted octanol–water partition coefficient (Wildman–Crippen LogP) is 4.08. The normalized spacial score (nSPS) is 18.6. The number of ether oxygens (including phenoxy) is 3. The van der Waals surface area contributed by atoms with Crippen LogP contribution in [0.15, 0.2) is 117 Å². The number of rotatable bonds is 19. The summed E-state index contributed by atoms with van der Waals surface area (Å²) >= 11 is 18.4. The van der Waals surface area contributed by atoms with Gasteiger partial charge in [0, 0.05) is 42.5 Å². The van der Waals surface area contributed by atoms with Crippen LogP contribution in [0.2, 0.25) is 15.2 Å². The van der Waals surface area contributed by atoms with Gasteiger partial charge in [-0.2, -0.15) is 18.4 Å². The molecular weight excluding hydrogens is 1330 g/mol. The number of imidazole rings is 1. The van der Waals surface area contributed by atoms with Gasteiger partial charge in [0.25, 0.3) is 10.1 Å². The molecule has 91 heavy (non-hydrogen) atoms. The number of benzene rings is 4. The zero-order valence-corrected chi connectivity index (χ0v) is 59.0. The molecule has 4 heterocycles. The minimum atomic E-state index is -4.08. The number of aliphatic hydroxyl groups is 1. The number of anilines is 1. The minimum Gasteiger partial charge on any atom is -0.466 e. The Balaban J connectivity index is 0.000000200. The van der Waals surface area contributed by atoms with Crippen LogP contribution in [0.4, 0.5) is 5.69 Å². The van der Waals surface area contributed by atoms with Crippen LogP contribution in [-0.4, -0.2) is 124 Å². The van der Waals surface area contributed by atoms with E-state index in [0.717, 1.165) is 59.8 Å². The summed E-state index contributed by atoms with van der Waals surface area (Å²) < 4.78 is 96.7. The van der Waals surface area contributed by atoms with Gasteiger partial charge in [0.2, 0.25) is 20.0 Å². The van der Waals surface area contributed by atoms with E-state index >= 15 is 0 Å². The number of carbonyl (C=O) groups excluding carboxylic acids is 3. The molecule has 2 aromatic heterocycles. The molecular formula is C59H71Cl3KN11O14S3. The van der Waals surface area contributed by atoms with E-state index in [2.05, 4.69) is 72.2 Å². The number of aryl methyl sites for hydroxylation is 1. The van der Waals surface area contributed by atoms with Crippen molar-refractivity contribution in [1.82, 2.24) is 40.2 Å². The van der Waals surface area contributed by atoms with Crippen LogP contribution in [0.1, 0.15) is 95.3 Å². The van der Waals surface area contributed by atoms with E-state index in [1.165, 1.54) is 13.2 Å². The molecule has 10 rings (SSSR count). The standard InChI is InChI=1S/C22H22ClN6O.C20H25ClN2O5.C10H16O4S.C7H8ClN3O4S2.K/c1-2-3-8-20-24-21(23)19(14-30)29(20)13-15-9-11-16(12-10-15)17-6-4-5-7-18(17)22-25-27-28-26-22;1-4-28-20(25)18-15(11-27-10-9-22)23-12(2)16(19(24)26-3)17(18)13-7-5-6-8-14(13)21;1-9(2)7-3-4-10(9,8(11)5-7)6-15(12,13)14;8-4-1-5-7(2-6(4)16(9,12)13)17(14,15)11-3-10-5;/h4-7,9-12,30H,2-3,8,13-14H2,1H3;5-8,17,23H,4,9-11,22H2,1-3H3;7H,3-6H2,1-2H3,(H,12,13,14);1-2,10-11H,3H2,(H2,9,12,13);/q-1;;;;+1/t;;7-,10-;;/m..1../s1. The molecule has 2 saturated carbocycles. The number of aliphatic hydroxyl groups excluding tert-OH is 1. The molecule has 4 aromatic carbocycles. The largest absolute Gasteiger partial charge is 1.00 e. The fourth-order valence-electron chi connectivity index (χ4n) is 11.5. The van der Waals surface area contributed by atoms with E-state index in [-0.39, 0.29) is 116 Å². The van der Waals surface area contributed by atoms with Crippen molar-refractivity contribution in [3.05, 3.63) is 145 Å². The number of esters is 2. The Kier molecular flexibility index (Phi) is 26.7. The molecule has 2 fully saturated rings. The van der Waals surface area contributed by atoms with Crippen LogP contribution in [-0.2, 0) is 78.3 Å². The first kappa shape index (κ1) is 75.0. The van der Waals surface area contributed by atoms with Crippen molar-refractivity contribution in [2.24, 2.45) is 27.6 Å². The number of tetrazole rings is 1. The van der Waals surface area contributed by atoms with Crippen molar-refractivity contribution in [2.75, 3.05) is 51.2 Å². The number of nitrogens with zero attached hydrogens (tertiary/aromatic N) is 6. The molecule has 0 saturated heterocycles. The molecule has 0 radical (unpaired) electrons. The summed E-state index contributed by atoms with van der Waals surface area (Å²) in [4.78, 5) is 41.2. The smallest absolute Gasteiger partial charge is 0.466 e. The summed E-state index contributed by atoms with van der Waals surface area (Å²) in [6, 6.07) is 25.4. The second kappa shape index (κ2) is 32.4. The number of methoxy groups -OCH3 is 1. The van der Waals surface area contributed by atoms with Gasteiger partial charge in [-0.05, 0) is 90.5 Å². The van der Waals surface area contributed by atoms with E-state index in [0.29, 0.717) is 76.8 Å². The molecule has 2 bridgehead atoms. The van der Waals surface area contributed by atoms with Crippen molar-refractivity contribution in [2.45, 2.75) is 102 Å². The van der Waals surface area contributed by atoms with Crippen LogP contribution in [0, 0.1) is 16.7 Å². The van der Waals surface area contributed by atoms with Gasteiger partial charge in [-0.1, -0.05) is 129 Å². The van der Waals surface area contributed by atoms with E-state index in [1.807, 2.05) is 42.7 Å². The van der Waals surface area contributed by atoms with Gasteiger partial charge in [0.1, 0.15) is 21.4 Å².